The molecule has 0 unspecified atom stereocenters. The number of nitro groups is 1. The van der Waals surface area contributed by atoms with Gasteiger partial charge in [-0.25, -0.2) is 8.42 Å². The SMILES string of the molecule is O=C(Cc1ccccc1[N+](=O)[O-])Nc1ccc(S(=O)(=O)Nc2ccccc2Cl)cc1. The summed E-state index contributed by atoms with van der Waals surface area (Å²) in [5, 5.41) is 13.9. The molecule has 3 aromatic carbocycles. The molecule has 0 aromatic heterocycles. The quantitative estimate of drug-likeness (QED) is 0.416. The van der Waals surface area contributed by atoms with Crippen LogP contribution in [0.25, 0.3) is 0 Å². The second-order valence-electron chi connectivity index (χ2n) is 6.22. The number of hydrogen-bond acceptors (Lipinski definition) is 5. The Labute approximate surface area is 177 Å². The van der Waals surface area contributed by atoms with Gasteiger partial charge in [0.2, 0.25) is 5.91 Å². The van der Waals surface area contributed by atoms with Crippen molar-refractivity contribution in [2.24, 2.45) is 0 Å². The maximum atomic E-state index is 12.5. The van der Waals surface area contributed by atoms with Gasteiger partial charge >= 0.3 is 0 Å². The fraction of sp³-hybridized carbons (Fsp3) is 0.0500. The average Bonchev–Trinajstić information content (AvgIpc) is 2.70. The fourth-order valence-electron chi connectivity index (χ4n) is 2.68. The molecule has 2 N–H and O–H groups in total. The minimum atomic E-state index is -3.87. The van der Waals surface area contributed by atoms with E-state index in [-0.39, 0.29) is 33.3 Å². The minimum Gasteiger partial charge on any atom is -0.326 e. The topological polar surface area (TPSA) is 118 Å². The zero-order valence-corrected chi connectivity index (χ0v) is 17.0. The van der Waals surface area contributed by atoms with Crippen molar-refractivity contribution >= 4 is 44.6 Å². The van der Waals surface area contributed by atoms with Crippen LogP contribution in [0, 0.1) is 10.1 Å². The summed E-state index contributed by atoms with van der Waals surface area (Å²) in [7, 11) is -3.87. The first-order valence-electron chi connectivity index (χ1n) is 8.66. The molecule has 3 aromatic rings. The summed E-state index contributed by atoms with van der Waals surface area (Å²) >= 11 is 5.98. The highest BCUT2D eigenvalue weighted by Gasteiger charge is 2.17. The van der Waals surface area contributed by atoms with Crippen LogP contribution in [0.1, 0.15) is 5.56 Å². The van der Waals surface area contributed by atoms with Gasteiger partial charge in [-0.15, -0.1) is 0 Å². The van der Waals surface area contributed by atoms with Crippen molar-refractivity contribution < 1.29 is 18.1 Å². The Kier molecular flexibility index (Phi) is 6.34. The van der Waals surface area contributed by atoms with Gasteiger partial charge in [-0.3, -0.25) is 19.6 Å². The summed E-state index contributed by atoms with van der Waals surface area (Å²) in [6.45, 7) is 0. The van der Waals surface area contributed by atoms with Crippen LogP contribution in [0.5, 0.6) is 0 Å². The van der Waals surface area contributed by atoms with Crippen LogP contribution < -0.4 is 10.0 Å². The molecule has 154 valence electrons. The molecule has 0 fully saturated rings. The van der Waals surface area contributed by atoms with Gasteiger partial charge in [0, 0.05) is 17.3 Å². The number of benzene rings is 3. The number of para-hydroxylation sites is 2. The van der Waals surface area contributed by atoms with Crippen LogP contribution in [-0.2, 0) is 21.2 Å². The van der Waals surface area contributed by atoms with Gasteiger partial charge in [-0.2, -0.15) is 0 Å². The monoisotopic (exact) mass is 445 g/mol. The first kappa shape index (κ1) is 21.3. The first-order valence-corrected chi connectivity index (χ1v) is 10.5. The van der Waals surface area contributed by atoms with Crippen molar-refractivity contribution in [3.8, 4) is 0 Å². The van der Waals surface area contributed by atoms with Crippen molar-refractivity contribution in [2.75, 3.05) is 10.0 Å². The predicted molar refractivity (Wildman–Crippen MR) is 114 cm³/mol. The van der Waals surface area contributed by atoms with E-state index in [0.717, 1.165) is 0 Å². The average molecular weight is 446 g/mol. The number of nitro benzene ring substituents is 1. The number of hydrogen-bond donors (Lipinski definition) is 2. The number of amides is 1. The van der Waals surface area contributed by atoms with E-state index in [0.29, 0.717) is 5.69 Å². The van der Waals surface area contributed by atoms with Crippen LogP contribution in [0.15, 0.2) is 77.7 Å². The minimum absolute atomic E-state index is 0.0147. The molecule has 0 saturated carbocycles. The van der Waals surface area contributed by atoms with E-state index in [1.54, 1.807) is 24.3 Å². The highest BCUT2D eigenvalue weighted by atomic mass is 35.5. The second kappa shape index (κ2) is 8.93. The maximum absolute atomic E-state index is 12.5. The Morgan fingerprint density at radius 3 is 2.27 bits per heavy atom. The van der Waals surface area contributed by atoms with Gasteiger partial charge in [0.1, 0.15) is 0 Å². The normalized spacial score (nSPS) is 11.0. The molecule has 10 heteroatoms. The Hall–Kier alpha value is -3.43. The highest BCUT2D eigenvalue weighted by Crippen LogP contribution is 2.25. The molecular formula is C20H16ClN3O5S. The molecule has 0 saturated heterocycles. The Bertz CT molecular complexity index is 1200. The van der Waals surface area contributed by atoms with Crippen molar-refractivity contribution in [1.29, 1.82) is 0 Å². The summed E-state index contributed by atoms with van der Waals surface area (Å²) in [4.78, 5) is 22.7. The van der Waals surface area contributed by atoms with E-state index in [1.165, 1.54) is 48.5 Å². The Morgan fingerprint density at radius 1 is 0.967 bits per heavy atom. The summed E-state index contributed by atoms with van der Waals surface area (Å²) < 4.78 is 27.4. The van der Waals surface area contributed by atoms with Crippen molar-refractivity contribution in [3.63, 3.8) is 0 Å². The molecule has 0 bridgehead atoms. The summed E-state index contributed by atoms with van der Waals surface area (Å²) in [5.41, 5.74) is 0.749. The molecule has 30 heavy (non-hydrogen) atoms. The van der Waals surface area contributed by atoms with E-state index in [2.05, 4.69) is 10.0 Å². The van der Waals surface area contributed by atoms with Gasteiger partial charge < -0.3 is 5.32 Å². The lowest BCUT2D eigenvalue weighted by Crippen LogP contribution is -2.16. The molecule has 8 nitrogen and oxygen atoms in total. The molecule has 0 aliphatic heterocycles. The third-order valence-corrected chi connectivity index (χ3v) is 5.82. The number of carbonyl (C=O) groups excluding carboxylic acids is 1. The Balaban J connectivity index is 1.69. The Morgan fingerprint density at radius 2 is 1.60 bits per heavy atom. The van der Waals surface area contributed by atoms with Crippen LogP contribution in [0.3, 0.4) is 0 Å². The molecule has 1 amide bonds. The number of anilines is 2. The van der Waals surface area contributed by atoms with Crippen molar-refractivity contribution in [2.45, 2.75) is 11.3 Å². The van der Waals surface area contributed by atoms with Crippen LogP contribution in [0.4, 0.5) is 17.1 Å². The van der Waals surface area contributed by atoms with Crippen LogP contribution in [-0.4, -0.2) is 19.2 Å². The third kappa shape index (κ3) is 5.13. The van der Waals surface area contributed by atoms with Crippen LogP contribution >= 0.6 is 11.6 Å². The standard InChI is InChI=1S/C20H16ClN3O5S/c21-17-6-2-3-7-18(17)23-30(28,29)16-11-9-15(10-12-16)22-20(25)13-14-5-1-4-8-19(14)24(26)27/h1-12,23H,13H2,(H,22,25). The number of nitrogens with one attached hydrogen (secondary N) is 2. The fourth-order valence-corrected chi connectivity index (χ4v) is 4.00. The molecule has 0 atom stereocenters. The number of rotatable bonds is 7. The lowest BCUT2D eigenvalue weighted by molar-refractivity contribution is -0.385. The first-order chi connectivity index (χ1) is 14.3. The van der Waals surface area contributed by atoms with Gasteiger partial charge in [-0.05, 0) is 36.4 Å². The molecule has 3 rings (SSSR count). The molecule has 0 radical (unpaired) electrons. The van der Waals surface area contributed by atoms with Crippen LogP contribution in [0.2, 0.25) is 5.02 Å². The number of sulfonamides is 1. The highest BCUT2D eigenvalue weighted by molar-refractivity contribution is 7.92. The molecule has 0 aliphatic rings. The van der Waals surface area contributed by atoms with Gasteiger partial charge in [-0.1, -0.05) is 41.9 Å². The number of nitrogens with zero attached hydrogens (tertiary/aromatic N) is 1. The predicted octanol–water partition coefficient (Wildman–Crippen LogP) is 4.23. The maximum Gasteiger partial charge on any atom is 0.273 e. The summed E-state index contributed by atoms with van der Waals surface area (Å²) in [5.74, 6) is -0.464. The largest absolute Gasteiger partial charge is 0.326 e. The number of carbonyl (C=O) groups is 1. The smallest absolute Gasteiger partial charge is 0.273 e. The molecule has 0 aliphatic carbocycles. The zero-order chi connectivity index (χ0) is 21.7. The molecule has 0 heterocycles. The third-order valence-electron chi connectivity index (χ3n) is 4.11. The van der Waals surface area contributed by atoms with Crippen molar-refractivity contribution in [3.05, 3.63) is 93.5 Å². The lowest BCUT2D eigenvalue weighted by atomic mass is 10.1. The van der Waals surface area contributed by atoms with Gasteiger partial charge in [0.15, 0.2) is 0 Å². The molecule has 0 spiro atoms. The van der Waals surface area contributed by atoms with E-state index in [1.807, 2.05) is 0 Å². The van der Waals surface area contributed by atoms with E-state index < -0.39 is 20.9 Å². The van der Waals surface area contributed by atoms with E-state index >= 15 is 0 Å². The van der Waals surface area contributed by atoms with E-state index in [4.69, 9.17) is 11.6 Å². The van der Waals surface area contributed by atoms with E-state index in [9.17, 15) is 23.3 Å². The summed E-state index contributed by atoms with van der Waals surface area (Å²) in [6.07, 6.45) is -0.189. The number of halogens is 1. The lowest BCUT2D eigenvalue weighted by Gasteiger charge is -2.10. The van der Waals surface area contributed by atoms with Gasteiger partial charge in [0.05, 0.1) is 26.9 Å². The second-order valence-corrected chi connectivity index (χ2v) is 8.31. The summed E-state index contributed by atoms with van der Waals surface area (Å²) in [6, 6.07) is 17.9. The van der Waals surface area contributed by atoms with Gasteiger partial charge in [0.25, 0.3) is 15.7 Å². The molecular weight excluding hydrogens is 430 g/mol. The van der Waals surface area contributed by atoms with Crippen molar-refractivity contribution in [1.82, 2.24) is 0 Å². The zero-order valence-electron chi connectivity index (χ0n) is 15.4.